The fourth-order valence-corrected chi connectivity index (χ4v) is 2.85. The Morgan fingerprint density at radius 1 is 1.23 bits per heavy atom. The van der Waals surface area contributed by atoms with Crippen molar-refractivity contribution in [2.45, 2.75) is 37.6 Å². The molecule has 0 saturated carbocycles. The molecule has 0 amide bonds. The van der Waals surface area contributed by atoms with E-state index in [4.69, 9.17) is 16.9 Å². The SMILES string of the molecule is O=C(OO)c1cccc(Cl)c1CCCCCCSC(F)(F)F. The van der Waals surface area contributed by atoms with Gasteiger partial charge in [-0.25, -0.2) is 4.79 Å². The first-order chi connectivity index (χ1) is 10.3. The summed E-state index contributed by atoms with van der Waals surface area (Å²) in [5.41, 5.74) is -3.40. The van der Waals surface area contributed by atoms with E-state index >= 15 is 0 Å². The molecular formula is C14H16ClF3O3S. The molecule has 0 radical (unpaired) electrons. The van der Waals surface area contributed by atoms with Crippen LogP contribution >= 0.6 is 23.4 Å². The van der Waals surface area contributed by atoms with Gasteiger partial charge in [0.2, 0.25) is 0 Å². The molecule has 3 nitrogen and oxygen atoms in total. The second-order valence-electron chi connectivity index (χ2n) is 4.60. The van der Waals surface area contributed by atoms with Crippen LogP contribution in [0.15, 0.2) is 18.2 Å². The Balaban J connectivity index is 2.38. The summed E-state index contributed by atoms with van der Waals surface area (Å²) < 4.78 is 35.8. The number of carbonyl (C=O) groups excluding carboxylic acids is 1. The third-order valence-electron chi connectivity index (χ3n) is 3.01. The van der Waals surface area contributed by atoms with Gasteiger partial charge in [-0.15, -0.1) is 0 Å². The quantitative estimate of drug-likeness (QED) is 0.388. The van der Waals surface area contributed by atoms with Gasteiger partial charge in [-0.3, -0.25) is 4.89 Å². The molecule has 0 spiro atoms. The van der Waals surface area contributed by atoms with Crippen LogP contribution in [-0.4, -0.2) is 22.5 Å². The number of alkyl halides is 3. The second-order valence-corrected chi connectivity index (χ2v) is 6.17. The first-order valence-corrected chi connectivity index (χ1v) is 8.05. The monoisotopic (exact) mass is 356 g/mol. The minimum absolute atomic E-state index is 0.0103. The normalized spacial score (nSPS) is 11.5. The number of halogens is 4. The summed E-state index contributed by atoms with van der Waals surface area (Å²) in [4.78, 5) is 15.1. The van der Waals surface area contributed by atoms with Gasteiger partial charge in [0, 0.05) is 10.8 Å². The molecule has 0 aliphatic heterocycles. The maximum Gasteiger partial charge on any atom is 0.441 e. The molecule has 0 bridgehead atoms. The predicted octanol–water partition coefficient (Wildman–Crippen LogP) is 5.33. The standard InChI is InChI=1S/C14H16ClF3O3S/c15-12-8-5-7-11(13(19)21-20)10(12)6-3-1-2-4-9-22-14(16,17)18/h5,7-8,20H,1-4,6,9H2. The Kier molecular flexibility index (Phi) is 8.06. The van der Waals surface area contributed by atoms with Gasteiger partial charge in [-0.1, -0.05) is 42.3 Å². The van der Waals surface area contributed by atoms with Crippen molar-refractivity contribution in [3.63, 3.8) is 0 Å². The topological polar surface area (TPSA) is 46.5 Å². The molecule has 0 aliphatic carbocycles. The molecule has 0 aromatic heterocycles. The van der Waals surface area contributed by atoms with Crippen LogP contribution in [0.5, 0.6) is 0 Å². The fraction of sp³-hybridized carbons (Fsp3) is 0.500. The number of rotatable bonds is 8. The largest absolute Gasteiger partial charge is 0.441 e. The minimum Gasteiger partial charge on any atom is -0.295 e. The molecular weight excluding hydrogens is 341 g/mol. The van der Waals surface area contributed by atoms with Crippen LogP contribution in [-0.2, 0) is 11.3 Å². The Bertz CT molecular complexity index is 495. The summed E-state index contributed by atoms with van der Waals surface area (Å²) in [6.45, 7) is 0. The van der Waals surface area contributed by atoms with E-state index in [1.165, 1.54) is 6.07 Å². The summed E-state index contributed by atoms with van der Waals surface area (Å²) in [5, 5.41) is 8.85. The molecule has 1 aromatic rings. The van der Waals surface area contributed by atoms with Gasteiger partial charge in [0.1, 0.15) is 0 Å². The molecule has 22 heavy (non-hydrogen) atoms. The van der Waals surface area contributed by atoms with E-state index in [0.717, 1.165) is 6.42 Å². The lowest BCUT2D eigenvalue weighted by Gasteiger charge is -2.09. The van der Waals surface area contributed by atoms with Crippen molar-refractivity contribution < 1.29 is 28.1 Å². The maximum absolute atomic E-state index is 11.9. The van der Waals surface area contributed by atoms with Crippen molar-refractivity contribution in [3.8, 4) is 0 Å². The van der Waals surface area contributed by atoms with E-state index in [-0.39, 0.29) is 23.1 Å². The number of carbonyl (C=O) groups is 1. The van der Waals surface area contributed by atoms with Gasteiger partial charge in [0.15, 0.2) is 0 Å². The maximum atomic E-state index is 11.9. The van der Waals surface area contributed by atoms with E-state index < -0.39 is 11.5 Å². The molecule has 0 fully saturated rings. The first-order valence-electron chi connectivity index (χ1n) is 6.69. The lowest BCUT2D eigenvalue weighted by atomic mass is 10.0. The summed E-state index contributed by atoms with van der Waals surface area (Å²) in [7, 11) is 0. The van der Waals surface area contributed by atoms with Gasteiger partial charge >= 0.3 is 11.5 Å². The van der Waals surface area contributed by atoms with Crippen LogP contribution in [0.2, 0.25) is 5.02 Å². The van der Waals surface area contributed by atoms with E-state index in [9.17, 15) is 18.0 Å². The molecule has 0 saturated heterocycles. The minimum atomic E-state index is -4.17. The summed E-state index contributed by atoms with van der Waals surface area (Å²) >= 11 is 6.02. The average molecular weight is 357 g/mol. The molecule has 1 N–H and O–H groups in total. The molecule has 8 heteroatoms. The van der Waals surface area contributed by atoms with Crippen LogP contribution < -0.4 is 0 Å². The lowest BCUT2D eigenvalue weighted by molar-refractivity contribution is -0.182. The molecule has 0 heterocycles. The van der Waals surface area contributed by atoms with E-state index in [1.807, 2.05) is 0 Å². The average Bonchev–Trinajstić information content (AvgIpc) is 2.45. The van der Waals surface area contributed by atoms with Gasteiger partial charge in [-0.05, 0) is 37.0 Å². The van der Waals surface area contributed by atoms with Crippen molar-refractivity contribution in [1.29, 1.82) is 0 Å². The summed E-state index contributed by atoms with van der Waals surface area (Å²) in [5.74, 6) is -0.823. The molecule has 0 aliphatic rings. The summed E-state index contributed by atoms with van der Waals surface area (Å²) in [6.07, 6.45) is 3.07. The number of benzene rings is 1. The zero-order chi connectivity index (χ0) is 16.6. The van der Waals surface area contributed by atoms with Crippen molar-refractivity contribution in [3.05, 3.63) is 34.3 Å². The molecule has 1 aromatic carbocycles. The van der Waals surface area contributed by atoms with Crippen LogP contribution in [0.3, 0.4) is 0 Å². The molecule has 124 valence electrons. The van der Waals surface area contributed by atoms with Crippen molar-refractivity contribution in [2.75, 3.05) is 5.75 Å². The zero-order valence-corrected chi connectivity index (χ0v) is 13.2. The van der Waals surface area contributed by atoms with Crippen LogP contribution in [0.25, 0.3) is 0 Å². The smallest absolute Gasteiger partial charge is 0.295 e. The predicted molar refractivity (Wildman–Crippen MR) is 80.2 cm³/mol. The van der Waals surface area contributed by atoms with Gasteiger partial charge in [0.25, 0.3) is 0 Å². The van der Waals surface area contributed by atoms with Crippen molar-refractivity contribution >= 4 is 29.3 Å². The number of thioether (sulfide) groups is 1. The lowest BCUT2D eigenvalue weighted by Crippen LogP contribution is -2.06. The van der Waals surface area contributed by atoms with Crippen LogP contribution in [0.4, 0.5) is 13.2 Å². The Morgan fingerprint density at radius 3 is 2.55 bits per heavy atom. The number of hydrogen-bond acceptors (Lipinski definition) is 4. The third-order valence-corrected chi connectivity index (χ3v) is 4.18. The molecule has 0 unspecified atom stereocenters. The van der Waals surface area contributed by atoms with Crippen molar-refractivity contribution in [2.24, 2.45) is 0 Å². The van der Waals surface area contributed by atoms with Gasteiger partial charge in [-0.2, -0.15) is 18.4 Å². The van der Waals surface area contributed by atoms with Gasteiger partial charge in [0.05, 0.1) is 5.56 Å². The van der Waals surface area contributed by atoms with E-state index in [1.54, 1.807) is 12.1 Å². The number of unbranched alkanes of at least 4 members (excludes halogenated alkanes) is 3. The highest BCUT2D eigenvalue weighted by Gasteiger charge is 2.27. The third kappa shape index (κ3) is 6.89. The first kappa shape index (κ1) is 19.1. The molecule has 1 rings (SSSR count). The molecule has 0 atom stereocenters. The van der Waals surface area contributed by atoms with Crippen molar-refractivity contribution in [1.82, 2.24) is 0 Å². The van der Waals surface area contributed by atoms with E-state index in [2.05, 4.69) is 4.89 Å². The van der Waals surface area contributed by atoms with Gasteiger partial charge < -0.3 is 0 Å². The highest BCUT2D eigenvalue weighted by atomic mass is 35.5. The highest BCUT2D eigenvalue weighted by molar-refractivity contribution is 8.00. The van der Waals surface area contributed by atoms with E-state index in [0.29, 0.717) is 36.3 Å². The highest BCUT2D eigenvalue weighted by Crippen LogP contribution is 2.31. The summed E-state index contributed by atoms with van der Waals surface area (Å²) in [6, 6.07) is 4.71. The zero-order valence-electron chi connectivity index (χ0n) is 11.7. The Hall–Kier alpha value is -0.920. The second kappa shape index (κ2) is 9.27. The number of hydrogen-bond donors (Lipinski definition) is 1. The Labute approximate surface area is 135 Å². The van der Waals surface area contributed by atoms with Crippen LogP contribution in [0, 0.1) is 0 Å². The Morgan fingerprint density at radius 2 is 1.91 bits per heavy atom. The fourth-order valence-electron chi connectivity index (χ4n) is 2.00. The van der Waals surface area contributed by atoms with Crippen LogP contribution in [0.1, 0.15) is 41.6 Å².